The number of hydrogen-bond donors (Lipinski definition) is 2. The van der Waals surface area contributed by atoms with Gasteiger partial charge in [0.05, 0.1) is 11.9 Å². The molecule has 0 aliphatic heterocycles. The van der Waals surface area contributed by atoms with E-state index in [4.69, 9.17) is 5.73 Å². The van der Waals surface area contributed by atoms with E-state index in [9.17, 15) is 9.18 Å². The summed E-state index contributed by atoms with van der Waals surface area (Å²) in [5.41, 5.74) is 7.20. The Morgan fingerprint density at radius 2 is 2.22 bits per heavy atom. The molecule has 1 heterocycles. The highest BCUT2D eigenvalue weighted by Crippen LogP contribution is 2.16. The zero-order chi connectivity index (χ0) is 13.3. The number of aromatic nitrogens is 2. The Kier molecular flexibility index (Phi) is 3.01. The minimum absolute atomic E-state index is 0.275. The molecule has 2 rings (SSSR count). The number of rotatable bonds is 2. The van der Waals surface area contributed by atoms with Crippen molar-refractivity contribution in [3.63, 3.8) is 0 Å². The molecular formula is C12H13FN4O. The van der Waals surface area contributed by atoms with E-state index in [2.05, 4.69) is 10.4 Å². The third-order valence-electron chi connectivity index (χ3n) is 2.60. The van der Waals surface area contributed by atoms with Gasteiger partial charge in [-0.1, -0.05) is 0 Å². The highest BCUT2D eigenvalue weighted by molar-refractivity contribution is 6.06. The maximum absolute atomic E-state index is 13.1. The molecule has 2 aromatic rings. The molecule has 1 amide bonds. The maximum Gasteiger partial charge on any atom is 0.276 e. The summed E-state index contributed by atoms with van der Waals surface area (Å²) in [5, 5.41) is 6.53. The van der Waals surface area contributed by atoms with E-state index < -0.39 is 0 Å². The number of nitrogens with one attached hydrogen (secondary N) is 1. The lowest BCUT2D eigenvalue weighted by molar-refractivity contribution is 0.101. The highest BCUT2D eigenvalue weighted by atomic mass is 19.1. The van der Waals surface area contributed by atoms with Gasteiger partial charge >= 0.3 is 0 Å². The molecule has 0 aliphatic carbocycles. The quantitative estimate of drug-likeness (QED) is 0.849. The summed E-state index contributed by atoms with van der Waals surface area (Å²) in [5.74, 6) is -0.688. The average Bonchev–Trinajstić information content (AvgIpc) is 2.64. The number of hydrogen-bond acceptors (Lipinski definition) is 3. The number of amides is 1. The summed E-state index contributed by atoms with van der Waals surface area (Å²) in [6.07, 6.45) is 1.41. The molecule has 3 N–H and O–H groups in total. The Morgan fingerprint density at radius 1 is 1.50 bits per heavy atom. The van der Waals surface area contributed by atoms with E-state index in [1.54, 1.807) is 20.0 Å². The van der Waals surface area contributed by atoms with Gasteiger partial charge in [-0.3, -0.25) is 9.48 Å². The molecule has 1 aromatic heterocycles. The second kappa shape index (κ2) is 4.48. The van der Waals surface area contributed by atoms with E-state index in [0.717, 1.165) is 0 Å². The van der Waals surface area contributed by atoms with Gasteiger partial charge in [0.15, 0.2) is 0 Å². The fourth-order valence-electron chi connectivity index (χ4n) is 1.65. The van der Waals surface area contributed by atoms with Crippen LogP contribution in [-0.2, 0) is 7.05 Å². The third-order valence-corrected chi connectivity index (χ3v) is 2.60. The van der Waals surface area contributed by atoms with Gasteiger partial charge in [0.25, 0.3) is 5.91 Å². The van der Waals surface area contributed by atoms with Gasteiger partial charge in [0.2, 0.25) is 0 Å². The number of nitrogens with zero attached hydrogens (tertiary/aromatic N) is 2. The van der Waals surface area contributed by atoms with Crippen LogP contribution in [0.2, 0.25) is 0 Å². The Bertz CT molecular complexity index is 587. The summed E-state index contributed by atoms with van der Waals surface area (Å²) >= 11 is 0. The van der Waals surface area contributed by atoms with Crippen LogP contribution >= 0.6 is 0 Å². The van der Waals surface area contributed by atoms with Crippen LogP contribution in [0.1, 0.15) is 16.1 Å². The van der Waals surface area contributed by atoms with Crippen LogP contribution < -0.4 is 11.1 Å². The summed E-state index contributed by atoms with van der Waals surface area (Å²) in [4.78, 5) is 12.0. The molecule has 0 bridgehead atoms. The number of nitrogen functional groups attached to an aromatic ring is 1. The van der Waals surface area contributed by atoms with Crippen LogP contribution in [0.25, 0.3) is 0 Å². The molecule has 0 saturated heterocycles. The predicted molar refractivity (Wildman–Crippen MR) is 66.7 cm³/mol. The van der Waals surface area contributed by atoms with Crippen molar-refractivity contribution in [2.45, 2.75) is 6.92 Å². The second-order valence-electron chi connectivity index (χ2n) is 3.99. The lowest BCUT2D eigenvalue weighted by Gasteiger charge is -2.07. The van der Waals surface area contributed by atoms with E-state index in [1.807, 2.05) is 0 Å². The van der Waals surface area contributed by atoms with Gasteiger partial charge in [-0.15, -0.1) is 0 Å². The van der Waals surface area contributed by atoms with E-state index in [1.165, 1.54) is 23.0 Å². The Balaban J connectivity index is 2.24. The number of benzene rings is 1. The van der Waals surface area contributed by atoms with Crippen molar-refractivity contribution in [3.8, 4) is 0 Å². The van der Waals surface area contributed by atoms with Crippen LogP contribution in [0, 0.1) is 12.7 Å². The Labute approximate surface area is 103 Å². The standard InChI is InChI=1S/C12H13FN4O/c1-7-5-8(3-4-9(7)13)16-12(18)11-10(14)6-15-17(11)2/h3-6H,14H2,1-2H3,(H,16,18). The number of carbonyl (C=O) groups is 1. The normalized spacial score (nSPS) is 10.4. The zero-order valence-corrected chi connectivity index (χ0v) is 10.1. The first-order valence-corrected chi connectivity index (χ1v) is 5.34. The highest BCUT2D eigenvalue weighted by Gasteiger charge is 2.15. The number of anilines is 2. The largest absolute Gasteiger partial charge is 0.396 e. The lowest BCUT2D eigenvalue weighted by Crippen LogP contribution is -2.17. The van der Waals surface area contributed by atoms with E-state index in [-0.39, 0.29) is 17.4 Å². The molecule has 1 aromatic carbocycles. The van der Waals surface area contributed by atoms with E-state index in [0.29, 0.717) is 16.9 Å². The number of nitrogens with two attached hydrogens (primary N) is 1. The SMILES string of the molecule is Cc1cc(NC(=O)c2c(N)cnn2C)ccc1F. The fraction of sp³-hybridized carbons (Fsp3) is 0.167. The van der Waals surface area contributed by atoms with Crippen molar-refractivity contribution in [2.24, 2.45) is 7.05 Å². The molecular weight excluding hydrogens is 235 g/mol. The minimum Gasteiger partial charge on any atom is -0.396 e. The van der Waals surface area contributed by atoms with Crippen molar-refractivity contribution in [2.75, 3.05) is 11.1 Å². The summed E-state index contributed by atoms with van der Waals surface area (Å²) in [7, 11) is 1.63. The smallest absolute Gasteiger partial charge is 0.276 e. The molecule has 18 heavy (non-hydrogen) atoms. The molecule has 5 nitrogen and oxygen atoms in total. The molecule has 0 saturated carbocycles. The van der Waals surface area contributed by atoms with Crippen LogP contribution in [0.3, 0.4) is 0 Å². The van der Waals surface area contributed by atoms with Crippen molar-refractivity contribution >= 4 is 17.3 Å². The number of halogens is 1. The van der Waals surface area contributed by atoms with Gasteiger partial charge in [-0.2, -0.15) is 5.10 Å². The average molecular weight is 248 g/mol. The van der Waals surface area contributed by atoms with Crippen molar-refractivity contribution < 1.29 is 9.18 Å². The van der Waals surface area contributed by atoms with Crippen LogP contribution in [0.15, 0.2) is 24.4 Å². The topological polar surface area (TPSA) is 72.9 Å². The van der Waals surface area contributed by atoms with Crippen LogP contribution in [-0.4, -0.2) is 15.7 Å². The van der Waals surface area contributed by atoms with Gasteiger partial charge in [0.1, 0.15) is 11.5 Å². The maximum atomic E-state index is 13.1. The molecule has 0 atom stereocenters. The summed E-state index contributed by atoms with van der Waals surface area (Å²) in [6, 6.07) is 4.35. The van der Waals surface area contributed by atoms with Crippen molar-refractivity contribution in [1.29, 1.82) is 0 Å². The van der Waals surface area contributed by atoms with Gasteiger partial charge in [-0.25, -0.2) is 4.39 Å². The van der Waals surface area contributed by atoms with Gasteiger partial charge in [0, 0.05) is 12.7 Å². The van der Waals surface area contributed by atoms with Gasteiger partial charge < -0.3 is 11.1 Å². The predicted octanol–water partition coefficient (Wildman–Crippen LogP) is 1.70. The van der Waals surface area contributed by atoms with Crippen molar-refractivity contribution in [1.82, 2.24) is 9.78 Å². The molecule has 0 fully saturated rings. The molecule has 0 aliphatic rings. The Hall–Kier alpha value is -2.37. The fourth-order valence-corrected chi connectivity index (χ4v) is 1.65. The first-order valence-electron chi connectivity index (χ1n) is 5.34. The van der Waals surface area contributed by atoms with Crippen molar-refractivity contribution in [3.05, 3.63) is 41.5 Å². The van der Waals surface area contributed by atoms with E-state index >= 15 is 0 Å². The molecule has 0 spiro atoms. The monoisotopic (exact) mass is 248 g/mol. The minimum atomic E-state index is -0.376. The molecule has 6 heteroatoms. The first-order chi connectivity index (χ1) is 8.49. The molecule has 0 unspecified atom stereocenters. The third kappa shape index (κ3) is 2.17. The molecule has 94 valence electrons. The number of aryl methyl sites for hydroxylation is 2. The first kappa shape index (κ1) is 12.1. The van der Waals surface area contributed by atoms with Crippen LogP contribution in [0.5, 0.6) is 0 Å². The lowest BCUT2D eigenvalue weighted by atomic mass is 10.2. The second-order valence-corrected chi connectivity index (χ2v) is 3.99. The summed E-state index contributed by atoms with van der Waals surface area (Å²) in [6.45, 7) is 1.63. The molecule has 0 radical (unpaired) electrons. The Morgan fingerprint density at radius 3 is 2.78 bits per heavy atom. The number of carbonyl (C=O) groups excluding carboxylic acids is 1. The zero-order valence-electron chi connectivity index (χ0n) is 10.1. The van der Waals surface area contributed by atoms with Gasteiger partial charge in [-0.05, 0) is 30.7 Å². The summed E-state index contributed by atoms with van der Waals surface area (Å²) < 4.78 is 14.5. The van der Waals surface area contributed by atoms with Crippen LogP contribution in [0.4, 0.5) is 15.8 Å².